The van der Waals surface area contributed by atoms with E-state index in [1.807, 2.05) is 11.0 Å². The number of aromatic nitrogens is 5. The van der Waals surface area contributed by atoms with E-state index in [1.54, 1.807) is 29.2 Å². The van der Waals surface area contributed by atoms with Gasteiger partial charge in [-0.25, -0.2) is 0 Å². The molecule has 15 heteroatoms. The van der Waals surface area contributed by atoms with Crippen molar-refractivity contribution in [3.63, 3.8) is 0 Å². The van der Waals surface area contributed by atoms with Gasteiger partial charge in [0.05, 0.1) is 7.11 Å². The van der Waals surface area contributed by atoms with Crippen LogP contribution in [0.3, 0.4) is 0 Å². The van der Waals surface area contributed by atoms with Crippen LogP contribution in [0.1, 0.15) is 26.5 Å². The second-order valence-electron chi connectivity index (χ2n) is 9.19. The van der Waals surface area contributed by atoms with E-state index in [2.05, 4.69) is 23.6 Å². The number of carbonyl (C=O) groups is 4. The first-order chi connectivity index (χ1) is 20.4. The molecule has 4 heterocycles. The second kappa shape index (κ2) is 13.1. The second-order valence-corrected chi connectivity index (χ2v) is 10.8. The zero-order valence-electron chi connectivity index (χ0n) is 22.9. The van der Waals surface area contributed by atoms with Crippen molar-refractivity contribution in [1.29, 1.82) is 0 Å². The maximum atomic E-state index is 13.4. The number of hydrogen-bond donors (Lipinski definition) is 2. The molecule has 2 N–H and O–H groups in total. The van der Waals surface area contributed by atoms with Crippen LogP contribution >= 0.6 is 0 Å². The predicted octanol–water partition coefficient (Wildman–Crippen LogP) is -2.41. The summed E-state index contributed by atoms with van der Waals surface area (Å²) >= 11 is -0.377. The number of pyridine rings is 1. The van der Waals surface area contributed by atoms with Crippen molar-refractivity contribution < 1.29 is 50.1 Å². The van der Waals surface area contributed by atoms with Crippen LogP contribution in [0, 0.1) is 0 Å². The molecule has 1 fully saturated rings. The number of fused-ring (bicyclic) bond motifs is 1. The average Bonchev–Trinajstić information content (AvgIpc) is 3.68. The Balaban J connectivity index is 1.30. The van der Waals surface area contributed by atoms with Crippen molar-refractivity contribution in [3.8, 4) is 11.6 Å². The molecule has 0 radical (unpaired) electrons. The number of hydrogen-bond acceptors (Lipinski definition) is 9. The van der Waals surface area contributed by atoms with Crippen molar-refractivity contribution in [2.75, 3.05) is 44.8 Å². The van der Waals surface area contributed by atoms with Crippen LogP contribution < -0.4 is 29.7 Å². The van der Waals surface area contributed by atoms with Gasteiger partial charge in [-0.2, -0.15) is 0 Å². The number of nitrogens with one attached hydrogen (secondary N) is 2. The molecule has 0 unspecified atom stereocenters. The molecule has 0 spiro atoms. The number of methoxy groups -OCH3 is 1. The van der Waals surface area contributed by atoms with Gasteiger partial charge in [-0.15, -0.1) is 0 Å². The summed E-state index contributed by atoms with van der Waals surface area (Å²) < 4.78 is 15.0. The van der Waals surface area contributed by atoms with Gasteiger partial charge in [-0.1, -0.05) is 18.2 Å². The van der Waals surface area contributed by atoms with Gasteiger partial charge in [-0.05, 0) is 12.1 Å². The topological polar surface area (TPSA) is 165 Å². The Morgan fingerprint density at radius 2 is 1.79 bits per heavy atom. The minimum absolute atomic E-state index is 0.0227. The van der Waals surface area contributed by atoms with E-state index in [0.29, 0.717) is 46.9 Å². The molecule has 3 aromatic heterocycles. The SMILES string of the molecule is COc1cnc(-n2cnc(COCC(=O)N[I-]C)n2)c2[nH]cc(C(=O)C(=O)N3CCN(C(=O)c4ccccc4)CC3)c12. The Hall–Kier alpha value is -4.38. The molecule has 0 aliphatic carbocycles. The summed E-state index contributed by atoms with van der Waals surface area (Å²) in [5.41, 5.74) is 1.13. The molecule has 0 saturated carbocycles. The fraction of sp³-hybridized carbons (Fsp3) is 0.296. The van der Waals surface area contributed by atoms with E-state index >= 15 is 0 Å². The number of rotatable bonds is 10. The fourth-order valence-corrected chi connectivity index (χ4v) is 5.34. The van der Waals surface area contributed by atoms with E-state index < -0.39 is 11.7 Å². The summed E-state index contributed by atoms with van der Waals surface area (Å²) in [6, 6.07) is 8.95. The number of carbonyl (C=O) groups excluding carboxylic acids is 4. The van der Waals surface area contributed by atoms with Crippen LogP contribution in [0.2, 0.25) is 0 Å². The number of benzene rings is 1. The number of H-pyrrole nitrogens is 1. The van der Waals surface area contributed by atoms with Gasteiger partial charge in [-0.3, -0.25) is 14.4 Å². The van der Waals surface area contributed by atoms with Crippen LogP contribution in [0.25, 0.3) is 16.7 Å². The molecule has 1 saturated heterocycles. The normalized spacial score (nSPS) is 13.4. The van der Waals surface area contributed by atoms with Gasteiger partial charge < -0.3 is 14.5 Å². The molecule has 1 aliphatic rings. The number of amides is 3. The number of halogens is 1. The molecular formula is C27H28IN8O6-. The van der Waals surface area contributed by atoms with Crippen molar-refractivity contribution in [3.05, 3.63) is 66.0 Å². The van der Waals surface area contributed by atoms with Crippen molar-refractivity contribution in [2.45, 2.75) is 6.61 Å². The summed E-state index contributed by atoms with van der Waals surface area (Å²) in [5.74, 6) is -0.707. The molecular weight excluding hydrogens is 659 g/mol. The molecule has 220 valence electrons. The van der Waals surface area contributed by atoms with E-state index in [4.69, 9.17) is 9.47 Å². The Kier molecular flexibility index (Phi) is 9.06. The quantitative estimate of drug-likeness (QED) is 0.0608. The van der Waals surface area contributed by atoms with Crippen LogP contribution in [0.4, 0.5) is 0 Å². The molecule has 4 aromatic rings. The molecule has 0 bridgehead atoms. The van der Waals surface area contributed by atoms with Crippen molar-refractivity contribution in [2.24, 2.45) is 0 Å². The van der Waals surface area contributed by atoms with Gasteiger partial charge in [0.2, 0.25) is 0 Å². The summed E-state index contributed by atoms with van der Waals surface area (Å²) in [7, 11) is 1.45. The van der Waals surface area contributed by atoms with Gasteiger partial charge in [0.1, 0.15) is 0 Å². The molecule has 14 nitrogen and oxygen atoms in total. The molecule has 1 aromatic carbocycles. The Bertz CT molecular complexity index is 1610. The molecule has 1 aliphatic heterocycles. The number of nitrogens with zero attached hydrogens (tertiary/aromatic N) is 6. The number of Topliss-reactive ketones (excluding diaryl/α,β-unsaturated/α-hetero) is 1. The first-order valence-electron chi connectivity index (χ1n) is 12.9. The third-order valence-electron chi connectivity index (χ3n) is 6.61. The monoisotopic (exact) mass is 687 g/mol. The number of alkyl halides is 1. The zero-order chi connectivity index (χ0) is 29.6. The molecule has 3 amide bonds. The third-order valence-corrected chi connectivity index (χ3v) is 7.75. The summed E-state index contributed by atoms with van der Waals surface area (Å²) in [5, 5.41) is 4.76. The zero-order valence-corrected chi connectivity index (χ0v) is 25.0. The van der Waals surface area contributed by atoms with Gasteiger partial charge in [0.25, 0.3) is 17.6 Å². The Morgan fingerprint density at radius 3 is 2.50 bits per heavy atom. The number of aromatic amines is 1. The van der Waals surface area contributed by atoms with Gasteiger partial charge in [0, 0.05) is 31.7 Å². The number of piperazine rings is 1. The third kappa shape index (κ3) is 6.11. The van der Waals surface area contributed by atoms with E-state index in [9.17, 15) is 19.2 Å². The first kappa shape index (κ1) is 29.1. The first-order valence-corrected chi connectivity index (χ1v) is 16.1. The van der Waals surface area contributed by atoms with E-state index in [1.165, 1.54) is 35.4 Å². The number of ether oxygens (including phenoxy) is 2. The summed E-state index contributed by atoms with van der Waals surface area (Å²) in [4.78, 5) is 67.8. The van der Waals surface area contributed by atoms with Crippen LogP contribution in [-0.2, 0) is 20.9 Å². The molecule has 5 rings (SSSR count). The standard InChI is InChI=1S/C27H28IN8O6/c1-28-32-21(37)15-42-14-20-31-16-36(33-20)25-23-22(19(41-2)13-30-25)18(12-29-23)24(38)27(40)35-10-8-34(9-11-35)26(39)17-6-4-3-5-7-17/h3-7,12-13,16,29H,8-11,14-15H2,1-2H3,(H,32,37)/q-1. The number of ketones is 1. The van der Waals surface area contributed by atoms with E-state index in [0.717, 1.165) is 0 Å². The van der Waals surface area contributed by atoms with Crippen LogP contribution in [-0.4, -0.2) is 103 Å². The molecule has 0 atom stereocenters. The predicted molar refractivity (Wildman–Crippen MR) is 145 cm³/mol. The maximum absolute atomic E-state index is 13.4. The van der Waals surface area contributed by atoms with Crippen LogP contribution in [0.15, 0.2) is 49.1 Å². The summed E-state index contributed by atoms with van der Waals surface area (Å²) in [6.07, 6.45) is 4.33. The Morgan fingerprint density at radius 1 is 1.05 bits per heavy atom. The van der Waals surface area contributed by atoms with Gasteiger partial charge >= 0.3 is 136 Å². The van der Waals surface area contributed by atoms with Gasteiger partial charge in [0.15, 0.2) is 0 Å². The van der Waals surface area contributed by atoms with E-state index in [-0.39, 0.29) is 65.2 Å². The van der Waals surface area contributed by atoms with Crippen molar-refractivity contribution in [1.82, 2.24) is 38.1 Å². The Labute approximate surface area is 251 Å². The van der Waals surface area contributed by atoms with Crippen molar-refractivity contribution >= 4 is 34.4 Å². The van der Waals surface area contributed by atoms with Crippen LogP contribution in [0.5, 0.6) is 5.75 Å². The summed E-state index contributed by atoms with van der Waals surface area (Å²) in [6.45, 7) is 1.04. The molecule has 42 heavy (non-hydrogen) atoms. The fourth-order valence-electron chi connectivity index (χ4n) is 4.58. The minimum atomic E-state index is -0.708. The average molecular weight is 687 g/mol.